The Labute approximate surface area is 247 Å². The van der Waals surface area contributed by atoms with Crippen LogP contribution in [0.2, 0.25) is 0 Å². The Hall–Kier alpha value is -2.94. The molecule has 14 heteroatoms. The van der Waals surface area contributed by atoms with E-state index in [0.717, 1.165) is 30.0 Å². The van der Waals surface area contributed by atoms with Crippen LogP contribution in [0.5, 0.6) is 0 Å². The first-order chi connectivity index (χ1) is 19.6. The van der Waals surface area contributed by atoms with E-state index in [1.165, 1.54) is 16.6 Å². The van der Waals surface area contributed by atoms with Crippen molar-refractivity contribution in [3.63, 3.8) is 0 Å². The van der Waals surface area contributed by atoms with Crippen molar-refractivity contribution in [2.24, 2.45) is 5.73 Å². The second-order valence-electron chi connectivity index (χ2n) is 10.9. The molecule has 0 saturated carbocycles. The summed E-state index contributed by atoms with van der Waals surface area (Å²) in [5, 5.41) is 1.77. The van der Waals surface area contributed by atoms with Crippen LogP contribution in [-0.4, -0.2) is 72.3 Å². The molecule has 1 fully saturated rings. The number of carbonyl (C=O) groups excluding carboxylic acids is 2. The number of nitrogens with zero attached hydrogens (tertiary/aromatic N) is 3. The maximum absolute atomic E-state index is 13.2. The Morgan fingerprint density at radius 3 is 2.40 bits per heavy atom. The number of amides is 1. The predicted molar refractivity (Wildman–Crippen MR) is 156 cm³/mol. The van der Waals surface area contributed by atoms with Crippen LogP contribution < -0.4 is 10.6 Å². The number of alkyl halides is 3. The fourth-order valence-corrected chi connectivity index (χ4v) is 7.59. The number of piperidine rings is 1. The van der Waals surface area contributed by atoms with Gasteiger partial charge in [0.2, 0.25) is 10.0 Å². The van der Waals surface area contributed by atoms with Gasteiger partial charge in [0.1, 0.15) is 5.52 Å². The Balaban J connectivity index is 1.81. The summed E-state index contributed by atoms with van der Waals surface area (Å²) in [6.07, 6.45) is -2.20. The zero-order chi connectivity index (χ0) is 31.0. The molecule has 1 aliphatic rings. The third-order valence-corrected chi connectivity index (χ3v) is 10.6. The standard InChI is InChI=1S/C28H35F3N4O5S2/c1-5-8-33(4)14-21-11-20(16-41-21)19-12-22-24(18-6-9-34(10-7-18)42(38,39)17(2)3)15-35(40-27(37)28(29,30)31)25(22)23(13-19)26(32)36/h11-13,15-18H,5-10,14H2,1-4H3,(H2,32,36). The van der Waals surface area contributed by atoms with Crippen LogP contribution in [0.15, 0.2) is 29.8 Å². The molecule has 2 aromatic heterocycles. The number of halogens is 3. The van der Waals surface area contributed by atoms with Crippen molar-refractivity contribution in [2.75, 3.05) is 26.7 Å². The van der Waals surface area contributed by atoms with E-state index in [1.807, 2.05) is 18.5 Å². The number of sulfonamides is 1. The van der Waals surface area contributed by atoms with Crippen LogP contribution in [0, 0.1) is 0 Å². The van der Waals surface area contributed by atoms with Crippen LogP contribution in [0.1, 0.15) is 66.8 Å². The Bertz CT molecular complexity index is 1570. The van der Waals surface area contributed by atoms with Gasteiger partial charge >= 0.3 is 12.1 Å². The van der Waals surface area contributed by atoms with Gasteiger partial charge in [-0.2, -0.15) is 17.9 Å². The topological polar surface area (TPSA) is 115 Å². The highest BCUT2D eigenvalue weighted by molar-refractivity contribution is 7.89. The quantitative estimate of drug-likeness (QED) is 0.347. The molecule has 3 aromatic rings. The minimum Gasteiger partial charge on any atom is -0.366 e. The summed E-state index contributed by atoms with van der Waals surface area (Å²) in [7, 11) is -1.45. The SMILES string of the molecule is CCCN(C)Cc1cc(-c2cc(C(N)=O)c3c(c2)c(C2CCN(S(=O)(=O)C(C)C)CC2)cn3OC(=O)C(F)(F)F)cs1. The zero-order valence-corrected chi connectivity index (χ0v) is 25.5. The van der Waals surface area contributed by atoms with Crippen LogP contribution in [-0.2, 0) is 21.4 Å². The number of hydrogen-bond acceptors (Lipinski definition) is 7. The van der Waals surface area contributed by atoms with Gasteiger partial charge in [0.05, 0.1) is 10.8 Å². The Morgan fingerprint density at radius 2 is 1.83 bits per heavy atom. The van der Waals surface area contributed by atoms with E-state index in [0.29, 0.717) is 34.1 Å². The second kappa shape index (κ2) is 12.3. The van der Waals surface area contributed by atoms with Crippen molar-refractivity contribution in [1.29, 1.82) is 0 Å². The lowest BCUT2D eigenvalue weighted by molar-refractivity contribution is -0.199. The van der Waals surface area contributed by atoms with Gasteiger partial charge in [-0.3, -0.25) is 4.79 Å². The number of primary amides is 1. The number of hydrogen-bond donors (Lipinski definition) is 1. The monoisotopic (exact) mass is 628 g/mol. The van der Waals surface area contributed by atoms with E-state index in [-0.39, 0.29) is 30.1 Å². The van der Waals surface area contributed by atoms with E-state index < -0.39 is 33.3 Å². The minimum atomic E-state index is -5.27. The first kappa shape index (κ1) is 32.0. The van der Waals surface area contributed by atoms with Crippen molar-refractivity contribution in [3.05, 3.63) is 45.8 Å². The predicted octanol–water partition coefficient (Wildman–Crippen LogP) is 4.75. The lowest BCUT2D eigenvalue weighted by atomic mass is 9.88. The zero-order valence-electron chi connectivity index (χ0n) is 23.9. The van der Waals surface area contributed by atoms with Crippen molar-refractivity contribution < 1.29 is 36.0 Å². The number of fused-ring (bicyclic) bond motifs is 1. The third-order valence-electron chi connectivity index (χ3n) is 7.44. The first-order valence-electron chi connectivity index (χ1n) is 13.7. The smallest absolute Gasteiger partial charge is 0.366 e. The fourth-order valence-electron chi connectivity index (χ4n) is 5.31. The van der Waals surface area contributed by atoms with Gasteiger partial charge in [-0.15, -0.1) is 11.3 Å². The average Bonchev–Trinajstić information content (AvgIpc) is 3.52. The van der Waals surface area contributed by atoms with E-state index in [1.54, 1.807) is 31.3 Å². The molecular weight excluding hydrogens is 593 g/mol. The van der Waals surface area contributed by atoms with E-state index in [2.05, 4.69) is 11.8 Å². The Morgan fingerprint density at radius 1 is 1.17 bits per heavy atom. The van der Waals surface area contributed by atoms with Crippen LogP contribution in [0.4, 0.5) is 13.2 Å². The molecule has 1 aliphatic heterocycles. The number of nitrogens with two attached hydrogens (primary N) is 1. The van der Waals surface area contributed by atoms with E-state index in [4.69, 9.17) is 10.6 Å². The molecule has 0 unspecified atom stereocenters. The fraction of sp³-hybridized carbons (Fsp3) is 0.500. The van der Waals surface area contributed by atoms with Gasteiger partial charge in [-0.25, -0.2) is 17.5 Å². The molecule has 0 radical (unpaired) electrons. The molecule has 0 atom stereocenters. The maximum Gasteiger partial charge on any atom is 0.493 e. The molecule has 42 heavy (non-hydrogen) atoms. The summed E-state index contributed by atoms with van der Waals surface area (Å²) in [5.41, 5.74) is 7.56. The van der Waals surface area contributed by atoms with Crippen molar-refractivity contribution >= 4 is 44.1 Å². The largest absolute Gasteiger partial charge is 0.493 e. The molecule has 230 valence electrons. The molecule has 4 rings (SSSR count). The second-order valence-corrected chi connectivity index (χ2v) is 14.4. The highest BCUT2D eigenvalue weighted by Gasteiger charge is 2.42. The average molecular weight is 629 g/mol. The highest BCUT2D eigenvalue weighted by Crippen LogP contribution is 2.39. The highest BCUT2D eigenvalue weighted by atomic mass is 32.2. The molecule has 2 N–H and O–H groups in total. The maximum atomic E-state index is 13.2. The molecule has 3 heterocycles. The molecule has 1 saturated heterocycles. The van der Waals surface area contributed by atoms with Gasteiger partial charge in [0, 0.05) is 36.1 Å². The number of benzene rings is 1. The first-order valence-corrected chi connectivity index (χ1v) is 16.0. The van der Waals surface area contributed by atoms with Gasteiger partial charge in [-0.1, -0.05) is 6.92 Å². The molecule has 1 aromatic carbocycles. The Kier molecular flexibility index (Phi) is 9.40. The summed E-state index contributed by atoms with van der Waals surface area (Å²) >= 11 is 1.55. The van der Waals surface area contributed by atoms with Gasteiger partial charge in [0.25, 0.3) is 5.91 Å². The van der Waals surface area contributed by atoms with E-state index in [9.17, 15) is 31.2 Å². The third kappa shape index (κ3) is 6.66. The van der Waals surface area contributed by atoms with Crippen molar-refractivity contribution in [2.45, 2.75) is 63.9 Å². The van der Waals surface area contributed by atoms with Gasteiger partial charge < -0.3 is 15.5 Å². The normalized spacial score (nSPS) is 15.6. The summed E-state index contributed by atoms with van der Waals surface area (Å²) in [4.78, 5) is 32.4. The van der Waals surface area contributed by atoms with Crippen molar-refractivity contribution in [1.82, 2.24) is 13.9 Å². The lowest BCUT2D eigenvalue weighted by Crippen LogP contribution is -2.41. The molecule has 9 nitrogen and oxygen atoms in total. The molecular formula is C28H35F3N4O5S2. The van der Waals surface area contributed by atoms with Crippen LogP contribution in [0.25, 0.3) is 22.0 Å². The summed E-state index contributed by atoms with van der Waals surface area (Å²) in [6, 6.07) is 5.25. The molecule has 0 aliphatic carbocycles. The lowest BCUT2D eigenvalue weighted by Gasteiger charge is -2.32. The number of carbonyl (C=O) groups is 2. The molecule has 1 amide bonds. The summed E-state index contributed by atoms with van der Waals surface area (Å²) in [5.74, 6) is -3.61. The number of thiophene rings is 1. The van der Waals surface area contributed by atoms with Crippen LogP contribution >= 0.6 is 11.3 Å². The number of rotatable bonds is 10. The van der Waals surface area contributed by atoms with Crippen LogP contribution in [0.3, 0.4) is 0 Å². The molecule has 0 spiro atoms. The summed E-state index contributed by atoms with van der Waals surface area (Å²) < 4.78 is 66.9. The van der Waals surface area contributed by atoms with Crippen molar-refractivity contribution in [3.8, 4) is 11.1 Å². The minimum absolute atomic E-state index is 0.0470. The molecule has 0 bridgehead atoms. The van der Waals surface area contributed by atoms with Gasteiger partial charge in [0.15, 0.2) is 0 Å². The van der Waals surface area contributed by atoms with E-state index >= 15 is 0 Å². The van der Waals surface area contributed by atoms with Gasteiger partial charge in [-0.05, 0) is 92.9 Å². The number of aromatic nitrogens is 1. The summed E-state index contributed by atoms with van der Waals surface area (Å²) in [6.45, 7) is 7.42.